The molecule has 0 rings (SSSR count). The van der Waals surface area contributed by atoms with E-state index in [9.17, 15) is 9.59 Å². The highest BCUT2D eigenvalue weighted by atomic mass is 16.2. The summed E-state index contributed by atoms with van der Waals surface area (Å²) in [5.74, 6) is 0.306. The molecule has 94 valence electrons. The van der Waals surface area contributed by atoms with Gasteiger partial charge < -0.3 is 16.0 Å². The lowest BCUT2D eigenvalue weighted by Crippen LogP contribution is -2.39. The summed E-state index contributed by atoms with van der Waals surface area (Å²) in [5.41, 5.74) is 0. The van der Waals surface area contributed by atoms with Gasteiger partial charge in [0.2, 0.25) is 11.8 Å². The van der Waals surface area contributed by atoms with E-state index in [1.54, 1.807) is 0 Å². The Morgan fingerprint density at radius 1 is 1.06 bits per heavy atom. The molecule has 2 amide bonds. The zero-order valence-corrected chi connectivity index (χ0v) is 10.4. The van der Waals surface area contributed by atoms with Gasteiger partial charge in [0.1, 0.15) is 0 Å². The third kappa shape index (κ3) is 9.45. The fourth-order valence-corrected chi connectivity index (χ4v) is 1.08. The monoisotopic (exact) mass is 229 g/mol. The first-order valence-electron chi connectivity index (χ1n) is 5.74. The molecule has 0 spiro atoms. The number of carbonyl (C=O) groups is 2. The second-order valence-corrected chi connectivity index (χ2v) is 4.16. The Morgan fingerprint density at radius 3 is 2.31 bits per heavy atom. The molecule has 0 aromatic carbocycles. The van der Waals surface area contributed by atoms with Gasteiger partial charge in [0.05, 0.1) is 6.54 Å². The minimum absolute atomic E-state index is 0.0579. The third-order valence-electron chi connectivity index (χ3n) is 2.09. The number of hydrogen-bond acceptors (Lipinski definition) is 3. The van der Waals surface area contributed by atoms with Gasteiger partial charge >= 0.3 is 0 Å². The van der Waals surface area contributed by atoms with Crippen molar-refractivity contribution >= 4 is 11.8 Å². The van der Waals surface area contributed by atoms with Gasteiger partial charge in [-0.2, -0.15) is 0 Å². The third-order valence-corrected chi connectivity index (χ3v) is 2.09. The van der Waals surface area contributed by atoms with E-state index in [2.05, 4.69) is 29.8 Å². The second-order valence-electron chi connectivity index (χ2n) is 4.16. The molecule has 0 fully saturated rings. The molecule has 0 aromatic rings. The minimum atomic E-state index is -0.145. The van der Waals surface area contributed by atoms with E-state index in [0.717, 1.165) is 13.0 Å². The molecule has 0 unspecified atom stereocenters. The molecule has 0 aliphatic carbocycles. The van der Waals surface area contributed by atoms with Gasteiger partial charge in [0.15, 0.2) is 0 Å². The first kappa shape index (κ1) is 14.9. The van der Waals surface area contributed by atoms with Crippen molar-refractivity contribution in [3.63, 3.8) is 0 Å². The number of amides is 2. The SMILES string of the molecule is CNCCNC(=O)CNC(=O)CCC(C)C. The van der Waals surface area contributed by atoms with E-state index in [1.165, 1.54) is 0 Å². The van der Waals surface area contributed by atoms with Crippen LogP contribution in [0.15, 0.2) is 0 Å². The van der Waals surface area contributed by atoms with Crippen molar-refractivity contribution in [1.82, 2.24) is 16.0 Å². The number of hydrogen-bond donors (Lipinski definition) is 3. The first-order chi connectivity index (χ1) is 7.56. The van der Waals surface area contributed by atoms with Crippen LogP contribution in [0, 0.1) is 5.92 Å². The Balaban J connectivity index is 3.47. The molecule has 0 saturated carbocycles. The summed E-state index contributed by atoms with van der Waals surface area (Å²) in [6.45, 7) is 5.51. The molecule has 0 aliphatic rings. The Bertz CT molecular complexity index is 217. The summed E-state index contributed by atoms with van der Waals surface area (Å²) >= 11 is 0. The highest BCUT2D eigenvalue weighted by Gasteiger charge is 2.05. The summed E-state index contributed by atoms with van der Waals surface area (Å²) in [5, 5.41) is 8.20. The van der Waals surface area contributed by atoms with E-state index >= 15 is 0 Å². The fraction of sp³-hybridized carbons (Fsp3) is 0.818. The van der Waals surface area contributed by atoms with Crippen LogP contribution in [-0.4, -0.2) is 38.5 Å². The average molecular weight is 229 g/mol. The second kappa shape index (κ2) is 9.15. The summed E-state index contributed by atoms with van der Waals surface area (Å²) in [6, 6.07) is 0. The Kier molecular flexibility index (Phi) is 8.52. The average Bonchev–Trinajstić information content (AvgIpc) is 2.24. The van der Waals surface area contributed by atoms with Gasteiger partial charge in [-0.3, -0.25) is 9.59 Å². The quantitative estimate of drug-likeness (QED) is 0.508. The van der Waals surface area contributed by atoms with Crippen LogP contribution < -0.4 is 16.0 Å². The molecular weight excluding hydrogens is 206 g/mol. The maximum Gasteiger partial charge on any atom is 0.239 e. The lowest BCUT2D eigenvalue weighted by molar-refractivity contribution is -0.126. The maximum atomic E-state index is 11.3. The molecule has 0 atom stereocenters. The largest absolute Gasteiger partial charge is 0.353 e. The molecule has 0 heterocycles. The van der Waals surface area contributed by atoms with Gasteiger partial charge in [-0.25, -0.2) is 0 Å². The van der Waals surface area contributed by atoms with Crippen molar-refractivity contribution < 1.29 is 9.59 Å². The highest BCUT2D eigenvalue weighted by Crippen LogP contribution is 2.02. The molecule has 0 aliphatic heterocycles. The molecule has 0 saturated heterocycles. The molecular formula is C11H23N3O2. The predicted octanol–water partition coefficient (Wildman–Crippen LogP) is -0.126. The van der Waals surface area contributed by atoms with Crippen molar-refractivity contribution in [3.8, 4) is 0 Å². The molecule has 0 radical (unpaired) electrons. The number of rotatable bonds is 8. The number of nitrogens with one attached hydrogen (secondary N) is 3. The van der Waals surface area contributed by atoms with E-state index in [4.69, 9.17) is 0 Å². The van der Waals surface area contributed by atoms with E-state index in [-0.39, 0.29) is 18.4 Å². The van der Waals surface area contributed by atoms with Crippen LogP contribution in [0.5, 0.6) is 0 Å². The van der Waals surface area contributed by atoms with Gasteiger partial charge in [0.25, 0.3) is 0 Å². The molecule has 0 aromatic heterocycles. The van der Waals surface area contributed by atoms with Crippen LogP contribution in [0.4, 0.5) is 0 Å². The van der Waals surface area contributed by atoms with Crippen molar-refractivity contribution in [3.05, 3.63) is 0 Å². The highest BCUT2D eigenvalue weighted by molar-refractivity contribution is 5.84. The van der Waals surface area contributed by atoms with Gasteiger partial charge in [-0.1, -0.05) is 13.8 Å². The lowest BCUT2D eigenvalue weighted by atomic mass is 10.1. The van der Waals surface area contributed by atoms with Crippen LogP contribution >= 0.6 is 0 Å². The van der Waals surface area contributed by atoms with Crippen LogP contribution in [0.2, 0.25) is 0 Å². The van der Waals surface area contributed by atoms with Crippen LogP contribution in [0.3, 0.4) is 0 Å². The number of likely N-dealkylation sites (N-methyl/N-ethyl adjacent to an activating group) is 1. The summed E-state index contributed by atoms with van der Waals surface area (Å²) in [4.78, 5) is 22.5. The Morgan fingerprint density at radius 2 is 1.75 bits per heavy atom. The molecule has 5 heteroatoms. The van der Waals surface area contributed by atoms with Gasteiger partial charge in [-0.05, 0) is 19.4 Å². The zero-order valence-electron chi connectivity index (χ0n) is 10.4. The summed E-state index contributed by atoms with van der Waals surface area (Å²) in [7, 11) is 1.82. The van der Waals surface area contributed by atoms with E-state index in [1.807, 2.05) is 7.05 Å². The first-order valence-corrected chi connectivity index (χ1v) is 5.74. The predicted molar refractivity (Wildman–Crippen MR) is 64.0 cm³/mol. The van der Waals surface area contributed by atoms with E-state index < -0.39 is 0 Å². The van der Waals surface area contributed by atoms with Crippen LogP contribution in [0.1, 0.15) is 26.7 Å². The fourth-order valence-electron chi connectivity index (χ4n) is 1.08. The number of carbonyl (C=O) groups excluding carboxylic acids is 2. The minimum Gasteiger partial charge on any atom is -0.353 e. The normalized spacial score (nSPS) is 10.2. The van der Waals surface area contributed by atoms with Crippen molar-refractivity contribution in [2.75, 3.05) is 26.7 Å². The molecule has 3 N–H and O–H groups in total. The van der Waals surface area contributed by atoms with Crippen LogP contribution in [-0.2, 0) is 9.59 Å². The standard InChI is InChI=1S/C11H23N3O2/c1-9(2)4-5-10(15)14-8-11(16)13-7-6-12-3/h9,12H,4-8H2,1-3H3,(H,13,16)(H,14,15). The molecule has 0 bridgehead atoms. The van der Waals surface area contributed by atoms with Crippen molar-refractivity contribution in [2.45, 2.75) is 26.7 Å². The van der Waals surface area contributed by atoms with Crippen molar-refractivity contribution in [1.29, 1.82) is 0 Å². The lowest BCUT2D eigenvalue weighted by Gasteiger charge is -2.07. The summed E-state index contributed by atoms with van der Waals surface area (Å²) < 4.78 is 0. The zero-order chi connectivity index (χ0) is 12.4. The van der Waals surface area contributed by atoms with E-state index in [0.29, 0.717) is 18.9 Å². The Hall–Kier alpha value is -1.10. The Labute approximate surface area is 97.4 Å². The maximum absolute atomic E-state index is 11.3. The van der Waals surface area contributed by atoms with Crippen LogP contribution in [0.25, 0.3) is 0 Å². The van der Waals surface area contributed by atoms with Gasteiger partial charge in [0, 0.05) is 19.5 Å². The molecule has 5 nitrogen and oxygen atoms in total. The smallest absolute Gasteiger partial charge is 0.239 e. The van der Waals surface area contributed by atoms with Gasteiger partial charge in [-0.15, -0.1) is 0 Å². The van der Waals surface area contributed by atoms with Crippen molar-refractivity contribution in [2.24, 2.45) is 5.92 Å². The molecule has 16 heavy (non-hydrogen) atoms. The topological polar surface area (TPSA) is 70.2 Å². The summed E-state index contributed by atoms with van der Waals surface area (Å²) in [6.07, 6.45) is 1.34.